The van der Waals surface area contributed by atoms with Crippen LogP contribution in [0.5, 0.6) is 5.95 Å². The lowest BCUT2D eigenvalue weighted by Crippen LogP contribution is -1.96. The molecule has 1 rings (SSSR count). The molecular formula is C23H38O4. The van der Waals surface area contributed by atoms with Crippen molar-refractivity contribution < 1.29 is 19.1 Å². The molecule has 0 aliphatic heterocycles. The number of ether oxygens (including phenoxy) is 1. The summed E-state index contributed by atoms with van der Waals surface area (Å²) in [5.74, 6) is -0.853. The fourth-order valence-corrected chi connectivity index (χ4v) is 3.04. The Morgan fingerprint density at radius 3 is 2.00 bits per heavy atom. The second kappa shape index (κ2) is 16.5. The lowest BCUT2D eigenvalue weighted by atomic mass is 10.1. The smallest absolute Gasteiger partial charge is 0.371 e. The van der Waals surface area contributed by atoms with E-state index in [2.05, 4.69) is 19.1 Å². The molecule has 0 atom stereocenters. The summed E-state index contributed by atoms with van der Waals surface area (Å²) in [5.41, 5.74) is 0. The van der Waals surface area contributed by atoms with Crippen molar-refractivity contribution in [2.45, 2.75) is 96.8 Å². The van der Waals surface area contributed by atoms with Gasteiger partial charge in [0.25, 0.3) is 5.95 Å². The Hall–Kier alpha value is -1.71. The first-order valence-corrected chi connectivity index (χ1v) is 10.8. The van der Waals surface area contributed by atoms with Crippen molar-refractivity contribution in [3.8, 4) is 5.95 Å². The predicted octanol–water partition coefficient (Wildman–Crippen LogP) is 7.39. The molecule has 154 valence electrons. The van der Waals surface area contributed by atoms with E-state index in [-0.39, 0.29) is 5.76 Å². The molecule has 4 nitrogen and oxygen atoms in total. The van der Waals surface area contributed by atoms with Crippen molar-refractivity contribution in [1.29, 1.82) is 0 Å². The standard InChI is InChI=1S/C23H38O4/c1-2-3-4-5-6-7-8-9-10-11-12-13-14-15-16-17-20-26-22-19-18-21(27-22)23(24)25/h9-10,18-19H,2-8,11-17,20H2,1H3,(H,24,25). The lowest BCUT2D eigenvalue weighted by molar-refractivity contribution is 0.0653. The van der Waals surface area contributed by atoms with Crippen molar-refractivity contribution >= 4 is 5.97 Å². The van der Waals surface area contributed by atoms with Gasteiger partial charge in [-0.1, -0.05) is 76.9 Å². The number of aromatic carboxylic acids is 1. The Balaban J connectivity index is 1.81. The summed E-state index contributed by atoms with van der Waals surface area (Å²) < 4.78 is 10.5. The van der Waals surface area contributed by atoms with Crippen molar-refractivity contribution in [1.82, 2.24) is 0 Å². The highest BCUT2D eigenvalue weighted by Gasteiger charge is 2.09. The van der Waals surface area contributed by atoms with E-state index >= 15 is 0 Å². The van der Waals surface area contributed by atoms with Gasteiger partial charge in [0.15, 0.2) is 0 Å². The molecule has 1 aromatic rings. The number of hydrogen-bond donors (Lipinski definition) is 1. The summed E-state index contributed by atoms with van der Waals surface area (Å²) in [5, 5.41) is 8.76. The van der Waals surface area contributed by atoms with Crippen LogP contribution < -0.4 is 4.74 Å². The lowest BCUT2D eigenvalue weighted by Gasteiger charge is -2.03. The first kappa shape index (κ1) is 23.3. The van der Waals surface area contributed by atoms with Crippen LogP contribution in [0.3, 0.4) is 0 Å². The van der Waals surface area contributed by atoms with Crippen molar-refractivity contribution in [2.75, 3.05) is 6.61 Å². The maximum absolute atomic E-state index is 10.7. The minimum Gasteiger partial charge on any atom is -0.475 e. The van der Waals surface area contributed by atoms with Gasteiger partial charge in [0, 0.05) is 6.07 Å². The van der Waals surface area contributed by atoms with E-state index in [0.29, 0.717) is 12.6 Å². The normalized spacial score (nSPS) is 11.3. The summed E-state index contributed by atoms with van der Waals surface area (Å²) in [6.07, 6.45) is 22.6. The van der Waals surface area contributed by atoms with E-state index in [9.17, 15) is 4.79 Å². The fraction of sp³-hybridized carbons (Fsp3) is 0.696. The van der Waals surface area contributed by atoms with E-state index in [4.69, 9.17) is 14.3 Å². The average Bonchev–Trinajstić information content (AvgIpc) is 3.13. The van der Waals surface area contributed by atoms with E-state index in [1.165, 1.54) is 83.1 Å². The molecule has 1 N–H and O–H groups in total. The highest BCUT2D eigenvalue weighted by molar-refractivity contribution is 5.84. The molecule has 0 saturated carbocycles. The van der Waals surface area contributed by atoms with Crippen molar-refractivity contribution in [3.63, 3.8) is 0 Å². The van der Waals surface area contributed by atoms with Crippen LogP contribution in [0, 0.1) is 0 Å². The number of carbonyl (C=O) groups is 1. The molecule has 0 aliphatic carbocycles. The summed E-state index contributed by atoms with van der Waals surface area (Å²) >= 11 is 0. The third-order valence-corrected chi connectivity index (χ3v) is 4.69. The zero-order chi connectivity index (χ0) is 19.6. The van der Waals surface area contributed by atoms with Crippen molar-refractivity contribution in [3.05, 3.63) is 30.0 Å². The van der Waals surface area contributed by atoms with Crippen LogP contribution in [-0.4, -0.2) is 17.7 Å². The first-order valence-electron chi connectivity index (χ1n) is 10.8. The second-order valence-electron chi connectivity index (χ2n) is 7.21. The number of carboxylic acid groups (broad SMARTS) is 1. The molecule has 1 heterocycles. The molecule has 0 spiro atoms. The largest absolute Gasteiger partial charge is 0.475 e. The number of hydrogen-bond acceptors (Lipinski definition) is 3. The van der Waals surface area contributed by atoms with Gasteiger partial charge in [0.2, 0.25) is 5.76 Å². The monoisotopic (exact) mass is 378 g/mol. The molecule has 0 saturated heterocycles. The zero-order valence-electron chi connectivity index (χ0n) is 17.1. The average molecular weight is 379 g/mol. The fourth-order valence-electron chi connectivity index (χ4n) is 3.04. The van der Waals surface area contributed by atoms with E-state index in [0.717, 1.165) is 12.8 Å². The van der Waals surface area contributed by atoms with Gasteiger partial charge in [-0.2, -0.15) is 0 Å². The van der Waals surface area contributed by atoms with Crippen LogP contribution in [0.25, 0.3) is 0 Å². The summed E-state index contributed by atoms with van der Waals surface area (Å²) in [6.45, 7) is 2.84. The Morgan fingerprint density at radius 2 is 1.44 bits per heavy atom. The molecule has 27 heavy (non-hydrogen) atoms. The third kappa shape index (κ3) is 13.2. The van der Waals surface area contributed by atoms with Gasteiger partial charge in [-0.15, -0.1) is 0 Å². The van der Waals surface area contributed by atoms with Gasteiger partial charge in [0.05, 0.1) is 6.61 Å². The number of carboxylic acids is 1. The van der Waals surface area contributed by atoms with Crippen LogP contribution in [-0.2, 0) is 0 Å². The van der Waals surface area contributed by atoms with Gasteiger partial charge in [-0.05, 0) is 38.2 Å². The number of allylic oxidation sites excluding steroid dienone is 2. The molecule has 0 amide bonds. The van der Waals surface area contributed by atoms with E-state index in [1.54, 1.807) is 6.07 Å². The van der Waals surface area contributed by atoms with Crippen molar-refractivity contribution in [2.24, 2.45) is 0 Å². The van der Waals surface area contributed by atoms with Crippen LogP contribution in [0.4, 0.5) is 0 Å². The highest BCUT2D eigenvalue weighted by atomic mass is 16.6. The topological polar surface area (TPSA) is 59.7 Å². The quantitative estimate of drug-likeness (QED) is 0.214. The Labute approximate surface area is 165 Å². The molecule has 0 fully saturated rings. The number of furan rings is 1. The van der Waals surface area contributed by atoms with Gasteiger partial charge in [-0.25, -0.2) is 4.79 Å². The molecule has 0 bridgehead atoms. The van der Waals surface area contributed by atoms with E-state index < -0.39 is 5.97 Å². The molecule has 0 radical (unpaired) electrons. The number of rotatable bonds is 18. The summed E-state index contributed by atoms with van der Waals surface area (Å²) in [7, 11) is 0. The summed E-state index contributed by atoms with van der Waals surface area (Å²) in [4.78, 5) is 10.7. The molecule has 1 aromatic heterocycles. The summed E-state index contributed by atoms with van der Waals surface area (Å²) in [6, 6.07) is 2.98. The van der Waals surface area contributed by atoms with Crippen LogP contribution >= 0.6 is 0 Å². The van der Waals surface area contributed by atoms with Gasteiger partial charge >= 0.3 is 5.97 Å². The Bertz CT molecular complexity index is 504. The predicted molar refractivity (Wildman–Crippen MR) is 111 cm³/mol. The minimum absolute atomic E-state index is 0.0778. The van der Waals surface area contributed by atoms with Gasteiger partial charge in [-0.3, -0.25) is 0 Å². The first-order chi connectivity index (χ1) is 13.2. The van der Waals surface area contributed by atoms with Gasteiger partial charge < -0.3 is 14.3 Å². The van der Waals surface area contributed by atoms with Crippen LogP contribution in [0.2, 0.25) is 0 Å². The van der Waals surface area contributed by atoms with E-state index in [1.807, 2.05) is 0 Å². The van der Waals surface area contributed by atoms with Crippen LogP contribution in [0.1, 0.15) is 107 Å². The van der Waals surface area contributed by atoms with Crippen LogP contribution in [0.15, 0.2) is 28.7 Å². The molecule has 4 heteroatoms. The minimum atomic E-state index is -1.07. The number of unbranched alkanes of at least 4 members (excludes halogenated alkanes) is 12. The maximum atomic E-state index is 10.7. The third-order valence-electron chi connectivity index (χ3n) is 4.69. The Morgan fingerprint density at radius 1 is 0.889 bits per heavy atom. The molecule has 0 aromatic carbocycles. The highest BCUT2D eigenvalue weighted by Crippen LogP contribution is 2.16. The zero-order valence-corrected chi connectivity index (χ0v) is 17.1. The Kier molecular flexibility index (Phi) is 14.2. The molecule has 0 aliphatic rings. The maximum Gasteiger partial charge on any atom is 0.371 e. The molecule has 0 unspecified atom stereocenters. The van der Waals surface area contributed by atoms with Gasteiger partial charge in [0.1, 0.15) is 0 Å². The second-order valence-corrected chi connectivity index (χ2v) is 7.21. The SMILES string of the molecule is CCCCCCCCC=CCCCCCCCCOc1ccc(C(=O)O)o1. The molecular weight excluding hydrogens is 340 g/mol.